The van der Waals surface area contributed by atoms with Crippen LogP contribution < -0.4 is 5.32 Å². The zero-order valence-corrected chi connectivity index (χ0v) is 13.8. The molecule has 2 aromatic heterocycles. The first-order chi connectivity index (χ1) is 11.6. The number of aliphatic hydroxyl groups is 1. The van der Waals surface area contributed by atoms with Crippen LogP contribution in [0.3, 0.4) is 0 Å². The van der Waals surface area contributed by atoms with Gasteiger partial charge in [-0.3, -0.25) is 14.9 Å². The molecule has 0 fully saturated rings. The number of hydrogen-bond donors (Lipinski definition) is 3. The molecule has 0 unspecified atom stereocenters. The van der Waals surface area contributed by atoms with Gasteiger partial charge >= 0.3 is 6.18 Å². The Bertz CT molecular complexity index is 758. The highest BCUT2D eigenvalue weighted by Gasteiger charge is 2.37. The fraction of sp³-hybridized carbons (Fsp3) is 0.467. The van der Waals surface area contributed by atoms with E-state index in [1.165, 1.54) is 13.8 Å². The average Bonchev–Trinajstić information content (AvgIpc) is 2.97. The van der Waals surface area contributed by atoms with E-state index in [9.17, 15) is 23.1 Å². The lowest BCUT2D eigenvalue weighted by Crippen LogP contribution is -2.43. The number of nitrogens with zero attached hydrogens (tertiary/aromatic N) is 3. The first kappa shape index (κ1) is 18.8. The molecule has 0 aliphatic heterocycles. The molecule has 1 atom stereocenters. The number of nitrogens with one attached hydrogen (secondary N) is 2. The van der Waals surface area contributed by atoms with Gasteiger partial charge in [-0.1, -0.05) is 0 Å². The number of aliphatic hydroxyl groups excluding tert-OH is 1. The molecule has 0 radical (unpaired) electrons. The number of pyridine rings is 1. The highest BCUT2D eigenvalue weighted by atomic mass is 19.4. The van der Waals surface area contributed by atoms with E-state index in [0.717, 1.165) is 18.3 Å². The first-order valence-corrected chi connectivity index (χ1v) is 7.40. The third kappa shape index (κ3) is 4.13. The molecular formula is C15H18F3N5O2. The Morgan fingerprint density at radius 3 is 2.60 bits per heavy atom. The summed E-state index contributed by atoms with van der Waals surface area (Å²) in [5.74, 6) is 0.0727. The van der Waals surface area contributed by atoms with Crippen molar-refractivity contribution in [2.45, 2.75) is 38.4 Å². The fourth-order valence-corrected chi connectivity index (χ4v) is 2.11. The van der Waals surface area contributed by atoms with Gasteiger partial charge in [-0.15, -0.1) is 0 Å². The van der Waals surface area contributed by atoms with Gasteiger partial charge in [-0.25, -0.2) is 4.98 Å². The summed E-state index contributed by atoms with van der Waals surface area (Å²) in [5, 5.41) is 18.4. The summed E-state index contributed by atoms with van der Waals surface area (Å²) in [7, 11) is 0. The minimum Gasteiger partial charge on any atom is -0.394 e. The smallest absolute Gasteiger partial charge is 0.394 e. The van der Waals surface area contributed by atoms with Crippen LogP contribution in [0, 0.1) is 6.92 Å². The van der Waals surface area contributed by atoms with Gasteiger partial charge in [0, 0.05) is 6.20 Å². The number of H-pyrrole nitrogens is 1. The Balaban J connectivity index is 2.25. The average molecular weight is 357 g/mol. The quantitative estimate of drug-likeness (QED) is 0.755. The monoisotopic (exact) mass is 357 g/mol. The number of aromatic nitrogens is 4. The van der Waals surface area contributed by atoms with Crippen molar-refractivity contribution >= 4 is 5.91 Å². The molecule has 136 valence electrons. The van der Waals surface area contributed by atoms with Gasteiger partial charge in [0.2, 0.25) is 5.91 Å². The molecule has 0 spiro atoms. The van der Waals surface area contributed by atoms with E-state index < -0.39 is 35.7 Å². The van der Waals surface area contributed by atoms with Gasteiger partial charge in [-0.2, -0.15) is 18.3 Å². The lowest BCUT2D eigenvalue weighted by molar-refractivity contribution is -0.138. The summed E-state index contributed by atoms with van der Waals surface area (Å²) in [4.78, 5) is 20.5. The number of amides is 1. The maximum Gasteiger partial charge on any atom is 0.416 e. The number of hydrogen-bond acceptors (Lipinski definition) is 5. The van der Waals surface area contributed by atoms with Crippen molar-refractivity contribution in [2.75, 3.05) is 6.61 Å². The lowest BCUT2D eigenvalue weighted by atomic mass is 9.86. The minimum atomic E-state index is -4.53. The molecule has 2 aromatic rings. The van der Waals surface area contributed by atoms with Crippen molar-refractivity contribution in [3.63, 3.8) is 0 Å². The predicted molar refractivity (Wildman–Crippen MR) is 81.4 cm³/mol. The fourth-order valence-electron chi connectivity index (χ4n) is 2.11. The van der Waals surface area contributed by atoms with Crippen molar-refractivity contribution < 1.29 is 23.1 Å². The number of aromatic amines is 1. The molecule has 7 nitrogen and oxygen atoms in total. The first-order valence-electron chi connectivity index (χ1n) is 7.40. The number of rotatable bonds is 5. The Morgan fingerprint density at radius 1 is 1.40 bits per heavy atom. The van der Waals surface area contributed by atoms with E-state index in [0.29, 0.717) is 5.82 Å². The number of halogens is 3. The molecule has 0 bridgehead atoms. The van der Waals surface area contributed by atoms with Crippen LogP contribution in [0.25, 0.3) is 0 Å². The van der Waals surface area contributed by atoms with Crippen molar-refractivity contribution in [3.8, 4) is 0 Å². The normalized spacial score (nSPS) is 13.6. The Morgan fingerprint density at radius 2 is 2.08 bits per heavy atom. The van der Waals surface area contributed by atoms with Gasteiger partial charge in [0.1, 0.15) is 11.9 Å². The van der Waals surface area contributed by atoms with Crippen LogP contribution in [0.1, 0.15) is 42.8 Å². The molecule has 2 rings (SSSR count). The largest absolute Gasteiger partial charge is 0.416 e. The number of carbonyl (C=O) groups excluding carboxylic acids is 1. The van der Waals surface area contributed by atoms with Crippen molar-refractivity contribution in [1.29, 1.82) is 0 Å². The SMILES string of the molecule is Cc1nc([C@@H](CO)NC(=O)C(C)(C)c2cc(C(F)(F)F)ccn2)n[nH]1. The van der Waals surface area contributed by atoms with Crippen LogP contribution in [0.5, 0.6) is 0 Å². The van der Waals surface area contributed by atoms with Gasteiger partial charge in [-0.05, 0) is 32.9 Å². The van der Waals surface area contributed by atoms with Gasteiger partial charge < -0.3 is 10.4 Å². The highest BCUT2D eigenvalue weighted by molar-refractivity contribution is 5.87. The summed E-state index contributed by atoms with van der Waals surface area (Å²) >= 11 is 0. The summed E-state index contributed by atoms with van der Waals surface area (Å²) in [6, 6.07) is 0.789. The standard InChI is InChI=1S/C15H18F3N5O2/c1-8-20-12(23-22-8)10(7-24)21-13(25)14(2,3)11-6-9(4-5-19-11)15(16,17)18/h4-6,10,24H,7H2,1-3H3,(H,21,25)(H,20,22,23)/t10-/m1/s1. The molecule has 3 N–H and O–H groups in total. The number of aryl methyl sites for hydroxylation is 1. The highest BCUT2D eigenvalue weighted by Crippen LogP contribution is 2.32. The lowest BCUT2D eigenvalue weighted by Gasteiger charge is -2.26. The zero-order chi connectivity index (χ0) is 18.8. The number of alkyl halides is 3. The van der Waals surface area contributed by atoms with Crippen molar-refractivity contribution in [3.05, 3.63) is 41.2 Å². The van der Waals surface area contributed by atoms with Crippen LogP contribution >= 0.6 is 0 Å². The van der Waals surface area contributed by atoms with Gasteiger partial charge in [0.25, 0.3) is 0 Å². The molecule has 0 saturated carbocycles. The summed E-state index contributed by atoms with van der Waals surface area (Å²) in [6.07, 6.45) is -3.52. The summed E-state index contributed by atoms with van der Waals surface area (Å²) in [5.41, 5.74) is -2.29. The van der Waals surface area contributed by atoms with E-state index in [-0.39, 0.29) is 11.5 Å². The molecule has 10 heteroatoms. The van der Waals surface area contributed by atoms with E-state index in [1.807, 2.05) is 0 Å². The third-order valence-corrected chi connectivity index (χ3v) is 3.71. The molecular weight excluding hydrogens is 339 g/mol. The zero-order valence-electron chi connectivity index (χ0n) is 13.8. The Labute approximate surface area is 141 Å². The minimum absolute atomic E-state index is 0.0392. The van der Waals surface area contributed by atoms with Crippen molar-refractivity contribution in [1.82, 2.24) is 25.5 Å². The number of carbonyl (C=O) groups is 1. The van der Waals surface area contributed by atoms with E-state index >= 15 is 0 Å². The maximum absolute atomic E-state index is 12.9. The summed E-state index contributed by atoms with van der Waals surface area (Å²) in [6.45, 7) is 4.09. The van der Waals surface area contributed by atoms with Gasteiger partial charge in [0.15, 0.2) is 5.82 Å². The second-order valence-corrected chi connectivity index (χ2v) is 6.04. The van der Waals surface area contributed by atoms with E-state index in [1.54, 1.807) is 6.92 Å². The van der Waals surface area contributed by atoms with Crippen LogP contribution in [0.4, 0.5) is 13.2 Å². The molecule has 0 saturated heterocycles. The van der Waals surface area contributed by atoms with E-state index in [2.05, 4.69) is 25.5 Å². The van der Waals surface area contributed by atoms with Crippen LogP contribution in [0.2, 0.25) is 0 Å². The van der Waals surface area contributed by atoms with Crippen LogP contribution in [-0.4, -0.2) is 37.8 Å². The van der Waals surface area contributed by atoms with Gasteiger partial charge in [0.05, 0.1) is 23.3 Å². The molecule has 25 heavy (non-hydrogen) atoms. The molecule has 2 heterocycles. The molecule has 0 aromatic carbocycles. The predicted octanol–water partition coefficient (Wildman–Crippen LogP) is 1.65. The molecule has 1 amide bonds. The Hall–Kier alpha value is -2.49. The Kier molecular flexibility index (Phi) is 5.12. The summed E-state index contributed by atoms with van der Waals surface area (Å²) < 4.78 is 38.6. The van der Waals surface area contributed by atoms with Crippen molar-refractivity contribution in [2.24, 2.45) is 0 Å². The van der Waals surface area contributed by atoms with Crippen LogP contribution in [-0.2, 0) is 16.4 Å². The van der Waals surface area contributed by atoms with E-state index in [4.69, 9.17) is 0 Å². The topological polar surface area (TPSA) is 104 Å². The maximum atomic E-state index is 12.9. The third-order valence-electron chi connectivity index (χ3n) is 3.71. The molecule has 0 aliphatic rings. The second kappa shape index (κ2) is 6.79. The second-order valence-electron chi connectivity index (χ2n) is 6.04. The van der Waals surface area contributed by atoms with Crippen LogP contribution in [0.15, 0.2) is 18.3 Å². The molecule has 0 aliphatic carbocycles.